The van der Waals surface area contributed by atoms with Crippen LogP contribution in [0.4, 0.5) is 4.79 Å². The molecule has 1 aliphatic rings. The molecule has 302 valence electrons. The van der Waals surface area contributed by atoms with Gasteiger partial charge < -0.3 is 24.6 Å². The number of rotatable bonds is 20. The molecule has 0 spiro atoms. The van der Waals surface area contributed by atoms with Crippen molar-refractivity contribution in [1.29, 1.82) is 0 Å². The molecular formula is C49H48NO8P. The summed E-state index contributed by atoms with van der Waals surface area (Å²) in [4.78, 5) is 27.3. The average Bonchev–Trinajstić information content (AvgIpc) is 3.60. The summed E-state index contributed by atoms with van der Waals surface area (Å²) in [7, 11) is -2.01. The highest BCUT2D eigenvalue weighted by atomic mass is 31.1. The molecule has 2 N–H and O–H groups in total. The summed E-state index contributed by atoms with van der Waals surface area (Å²) in [6.07, 6.45) is 2.42. The molecular weight excluding hydrogens is 762 g/mol. The molecule has 0 aromatic heterocycles. The van der Waals surface area contributed by atoms with E-state index in [1.807, 2.05) is 66.7 Å². The van der Waals surface area contributed by atoms with Crippen molar-refractivity contribution < 1.29 is 38.0 Å². The summed E-state index contributed by atoms with van der Waals surface area (Å²) in [6.45, 7) is -0.765. The van der Waals surface area contributed by atoms with Gasteiger partial charge in [-0.2, -0.15) is 0 Å². The molecule has 7 rings (SSSR count). The number of fused-ring (bicyclic) bond motifs is 3. The molecule has 6 aromatic carbocycles. The van der Waals surface area contributed by atoms with Crippen LogP contribution >= 0.6 is 8.69 Å². The maximum Gasteiger partial charge on any atom is 0.408 e. The van der Waals surface area contributed by atoms with E-state index in [-0.39, 0.29) is 42.6 Å². The molecule has 0 saturated heterocycles. The predicted molar refractivity (Wildman–Crippen MR) is 229 cm³/mol. The van der Waals surface area contributed by atoms with Crippen molar-refractivity contribution >= 4 is 20.6 Å². The van der Waals surface area contributed by atoms with Crippen LogP contribution in [0.15, 0.2) is 164 Å². The SMILES string of the molecule is O=[PH2]OC(Oc1ccccc1)(Oc1ccccc1)C(CO)(CCc1ccc(C(=O)CCCCc2ccccc2)cc1)NC(=O)OCC1c2ccccc2-c2ccccc21. The number of Topliss-reactive ketones (excluding diaryl/α,β-unsaturated/α-hetero) is 1. The second-order valence-electron chi connectivity index (χ2n) is 14.6. The fraction of sp³-hybridized carbons (Fsp3) is 0.224. The first-order valence-electron chi connectivity index (χ1n) is 19.9. The van der Waals surface area contributed by atoms with Crippen molar-refractivity contribution in [1.82, 2.24) is 5.32 Å². The lowest BCUT2D eigenvalue weighted by Gasteiger charge is -2.46. The zero-order valence-corrected chi connectivity index (χ0v) is 33.9. The number of para-hydroxylation sites is 2. The Balaban J connectivity index is 1.15. The molecule has 2 unspecified atom stereocenters. The third kappa shape index (κ3) is 9.83. The highest BCUT2D eigenvalue weighted by Crippen LogP contribution is 2.45. The molecule has 9 nitrogen and oxygen atoms in total. The monoisotopic (exact) mass is 809 g/mol. The van der Waals surface area contributed by atoms with Gasteiger partial charge in [-0.15, -0.1) is 0 Å². The minimum Gasteiger partial charge on any atom is -0.449 e. The summed E-state index contributed by atoms with van der Waals surface area (Å²) in [6, 6.07) is 50.8. The second-order valence-corrected chi connectivity index (χ2v) is 15.0. The normalized spacial score (nSPS) is 13.3. The van der Waals surface area contributed by atoms with Crippen LogP contribution in [0.1, 0.15) is 64.2 Å². The van der Waals surface area contributed by atoms with Crippen molar-refractivity contribution in [2.75, 3.05) is 13.2 Å². The number of nitrogens with one attached hydrogen (secondary N) is 1. The van der Waals surface area contributed by atoms with Crippen LogP contribution < -0.4 is 14.8 Å². The first-order chi connectivity index (χ1) is 28.9. The highest BCUT2D eigenvalue weighted by molar-refractivity contribution is 7.17. The molecule has 0 fully saturated rings. The lowest BCUT2D eigenvalue weighted by Crippen LogP contribution is -2.72. The number of carbonyl (C=O) groups is 2. The average molecular weight is 810 g/mol. The van der Waals surface area contributed by atoms with E-state index in [9.17, 15) is 19.3 Å². The van der Waals surface area contributed by atoms with Crippen molar-refractivity contribution in [3.8, 4) is 22.6 Å². The van der Waals surface area contributed by atoms with Crippen LogP contribution in [0, 0.1) is 0 Å². The number of ketones is 1. The van der Waals surface area contributed by atoms with E-state index in [1.165, 1.54) is 5.56 Å². The van der Waals surface area contributed by atoms with Gasteiger partial charge in [-0.25, -0.2) is 4.79 Å². The van der Waals surface area contributed by atoms with Gasteiger partial charge in [0, 0.05) is 17.9 Å². The first kappa shape index (κ1) is 41.2. The maximum atomic E-state index is 14.2. The van der Waals surface area contributed by atoms with Gasteiger partial charge in [0.2, 0.25) is 0 Å². The number of unbranched alkanes of at least 4 members (excludes halogenated alkanes) is 1. The Labute approximate surface area is 346 Å². The van der Waals surface area contributed by atoms with E-state index in [2.05, 4.69) is 29.6 Å². The third-order valence-corrected chi connectivity index (χ3v) is 11.2. The molecule has 0 aliphatic heterocycles. The predicted octanol–water partition coefficient (Wildman–Crippen LogP) is 9.98. The van der Waals surface area contributed by atoms with Crippen molar-refractivity contribution in [3.05, 3.63) is 192 Å². The van der Waals surface area contributed by atoms with E-state index < -0.39 is 32.9 Å². The van der Waals surface area contributed by atoms with E-state index in [0.717, 1.165) is 47.1 Å². The Morgan fingerprint density at radius 1 is 0.627 bits per heavy atom. The molecule has 1 aliphatic carbocycles. The zero-order chi connectivity index (χ0) is 40.9. The van der Waals surface area contributed by atoms with Gasteiger partial charge in [-0.3, -0.25) is 13.9 Å². The molecule has 59 heavy (non-hydrogen) atoms. The first-order valence-corrected chi connectivity index (χ1v) is 20.9. The number of benzene rings is 6. The molecule has 0 heterocycles. The number of hydrogen-bond donors (Lipinski definition) is 2. The van der Waals surface area contributed by atoms with Crippen LogP contribution in [0.3, 0.4) is 0 Å². The Morgan fingerprint density at radius 3 is 1.71 bits per heavy atom. The summed E-state index contributed by atoms with van der Waals surface area (Å²) in [5, 5.41) is 14.4. The number of carbonyl (C=O) groups excluding carboxylic acids is 2. The van der Waals surface area contributed by atoms with Gasteiger partial charge in [0.15, 0.2) is 20.0 Å². The quantitative estimate of drug-likeness (QED) is 0.0339. The topological polar surface area (TPSA) is 120 Å². The maximum absolute atomic E-state index is 14.2. The van der Waals surface area contributed by atoms with Crippen LogP contribution in [-0.4, -0.2) is 41.7 Å². The largest absolute Gasteiger partial charge is 0.449 e. The van der Waals surface area contributed by atoms with Crippen LogP contribution in [0.5, 0.6) is 11.5 Å². The van der Waals surface area contributed by atoms with E-state index in [0.29, 0.717) is 12.0 Å². The second kappa shape index (κ2) is 19.6. The number of hydrogen-bond acceptors (Lipinski definition) is 8. The Bertz CT molecular complexity index is 2220. The smallest absolute Gasteiger partial charge is 0.408 e. The molecule has 0 radical (unpaired) electrons. The number of alkyl carbamates (subject to hydrolysis) is 1. The lowest BCUT2D eigenvalue weighted by molar-refractivity contribution is -0.301. The standard InChI is InChI=1S/C49H48NO8P/c51-35-48(49(58-59-54,56-39-19-6-2-7-20-39)57-40-21-8-3-9-22-40,50-47(53)55-34-45-43-25-13-11-23-41(43)42-24-12-14-26-44(42)45)33-32-37-28-30-38(31-29-37)46(52)27-15-10-18-36-16-4-1-5-17-36/h1-9,11-14,16-17,19-26,28-31,45,51H,10,15,18,27,32-35,59H2,(H,50,53). The van der Waals surface area contributed by atoms with Crippen molar-refractivity contribution in [2.24, 2.45) is 0 Å². The fourth-order valence-electron chi connectivity index (χ4n) is 7.68. The van der Waals surface area contributed by atoms with Crippen molar-refractivity contribution in [2.45, 2.75) is 56.0 Å². The highest BCUT2D eigenvalue weighted by Gasteiger charge is 2.60. The molecule has 2 atom stereocenters. The van der Waals surface area contributed by atoms with Crippen LogP contribution in [0.25, 0.3) is 11.1 Å². The summed E-state index contributed by atoms with van der Waals surface area (Å²) in [5.41, 5.74) is 4.99. The Morgan fingerprint density at radius 2 is 1.15 bits per heavy atom. The van der Waals surface area contributed by atoms with Gasteiger partial charge in [0.1, 0.15) is 18.1 Å². The molecule has 0 saturated carbocycles. The van der Waals surface area contributed by atoms with Gasteiger partial charge in [0.25, 0.3) is 0 Å². The van der Waals surface area contributed by atoms with Gasteiger partial charge in [-0.05, 0) is 89.8 Å². The molecule has 10 heteroatoms. The zero-order valence-electron chi connectivity index (χ0n) is 32.7. The molecule has 0 bridgehead atoms. The van der Waals surface area contributed by atoms with Crippen LogP contribution in [-0.2, 0) is 26.7 Å². The van der Waals surface area contributed by atoms with Crippen molar-refractivity contribution in [3.63, 3.8) is 0 Å². The Kier molecular flexibility index (Phi) is 13.7. The van der Waals surface area contributed by atoms with E-state index in [4.69, 9.17) is 18.7 Å². The minimum atomic E-state index is -2.36. The number of aryl methyl sites for hydroxylation is 2. The van der Waals surface area contributed by atoms with Crippen LogP contribution in [0.2, 0.25) is 0 Å². The number of aliphatic hydroxyl groups excluding tert-OH is 1. The summed E-state index contributed by atoms with van der Waals surface area (Å²) in [5.74, 6) is -1.98. The third-order valence-electron chi connectivity index (χ3n) is 10.8. The fourth-order valence-corrected chi connectivity index (χ4v) is 8.13. The van der Waals surface area contributed by atoms with Gasteiger partial charge in [-0.1, -0.05) is 140 Å². The van der Waals surface area contributed by atoms with E-state index in [1.54, 1.807) is 72.8 Å². The summed E-state index contributed by atoms with van der Waals surface area (Å²) < 4.78 is 37.7. The summed E-state index contributed by atoms with van der Waals surface area (Å²) >= 11 is 0. The molecule has 6 aromatic rings. The number of amides is 1. The minimum absolute atomic E-state index is 0.00284. The lowest BCUT2D eigenvalue weighted by atomic mass is 9.88. The Hall–Kier alpha value is -5.99. The van der Waals surface area contributed by atoms with Gasteiger partial charge in [0.05, 0.1) is 6.61 Å². The molecule has 1 amide bonds. The van der Waals surface area contributed by atoms with E-state index >= 15 is 0 Å². The number of aliphatic hydroxyl groups is 1. The van der Waals surface area contributed by atoms with Gasteiger partial charge >= 0.3 is 12.1 Å². The number of ether oxygens (including phenoxy) is 3.